The molecule has 5 N–H and O–H groups in total. The van der Waals surface area contributed by atoms with Crippen molar-refractivity contribution >= 4 is 23.6 Å². The minimum Gasteiger partial charge on any atom is -0.480 e. The standard InChI is InChI=1S/C10H12N4O4/c11-9-6(2-1-3-12-9)10(18)14-4-7(15)13-5-8(16)17/h1-3H,4-5H2,(H2,11,12)(H,13,15)(H,14,18)(H,16,17). The highest BCUT2D eigenvalue weighted by atomic mass is 16.4. The van der Waals surface area contributed by atoms with Crippen molar-refractivity contribution in [2.75, 3.05) is 18.8 Å². The average Bonchev–Trinajstić information content (AvgIpc) is 2.34. The van der Waals surface area contributed by atoms with Gasteiger partial charge in [0.25, 0.3) is 5.91 Å². The molecule has 0 aliphatic carbocycles. The highest BCUT2D eigenvalue weighted by Crippen LogP contribution is 2.05. The van der Waals surface area contributed by atoms with Gasteiger partial charge in [0.05, 0.1) is 12.1 Å². The molecule has 1 rings (SSSR count). The molecule has 1 heterocycles. The first-order chi connectivity index (χ1) is 8.50. The number of aromatic nitrogens is 1. The summed E-state index contributed by atoms with van der Waals surface area (Å²) in [6, 6.07) is 3.00. The topological polar surface area (TPSA) is 134 Å². The van der Waals surface area contributed by atoms with Crippen LogP contribution in [0.2, 0.25) is 0 Å². The third-order valence-corrected chi connectivity index (χ3v) is 1.93. The van der Waals surface area contributed by atoms with Gasteiger partial charge in [0.1, 0.15) is 12.4 Å². The number of nitrogens with two attached hydrogens (primary N) is 1. The van der Waals surface area contributed by atoms with Crippen molar-refractivity contribution in [2.45, 2.75) is 0 Å². The minimum absolute atomic E-state index is 0.0564. The van der Waals surface area contributed by atoms with Crippen molar-refractivity contribution in [3.63, 3.8) is 0 Å². The maximum absolute atomic E-state index is 11.6. The molecule has 8 heteroatoms. The van der Waals surface area contributed by atoms with Gasteiger partial charge in [0.2, 0.25) is 5.91 Å². The number of carboxylic acids is 1. The van der Waals surface area contributed by atoms with Crippen LogP contribution in [0.4, 0.5) is 5.82 Å². The van der Waals surface area contributed by atoms with Crippen LogP contribution in [0.25, 0.3) is 0 Å². The number of nitrogen functional groups attached to an aromatic ring is 1. The summed E-state index contributed by atoms with van der Waals surface area (Å²) in [5.74, 6) is -2.26. The second-order valence-corrected chi connectivity index (χ2v) is 3.29. The molecular weight excluding hydrogens is 240 g/mol. The van der Waals surface area contributed by atoms with Gasteiger partial charge in [-0.3, -0.25) is 14.4 Å². The molecule has 0 saturated heterocycles. The monoisotopic (exact) mass is 252 g/mol. The van der Waals surface area contributed by atoms with Crippen LogP contribution in [0.5, 0.6) is 0 Å². The number of amides is 2. The number of aliphatic carboxylic acids is 1. The number of pyridine rings is 1. The van der Waals surface area contributed by atoms with Crippen molar-refractivity contribution in [2.24, 2.45) is 0 Å². The Morgan fingerprint density at radius 1 is 1.28 bits per heavy atom. The molecule has 0 aliphatic rings. The van der Waals surface area contributed by atoms with Crippen LogP contribution in [0, 0.1) is 0 Å². The number of nitrogens with zero attached hydrogens (tertiary/aromatic N) is 1. The second kappa shape index (κ2) is 6.18. The number of carboxylic acid groups (broad SMARTS) is 1. The summed E-state index contributed by atoms with van der Waals surface area (Å²) in [5, 5.41) is 12.7. The average molecular weight is 252 g/mol. The Balaban J connectivity index is 2.45. The molecule has 8 nitrogen and oxygen atoms in total. The summed E-state index contributed by atoms with van der Waals surface area (Å²) in [7, 11) is 0. The smallest absolute Gasteiger partial charge is 0.322 e. The fraction of sp³-hybridized carbons (Fsp3) is 0.200. The normalized spacial score (nSPS) is 9.56. The first-order valence-corrected chi connectivity index (χ1v) is 4.98. The molecule has 96 valence electrons. The molecule has 0 bridgehead atoms. The number of carbonyl (C=O) groups excluding carboxylic acids is 2. The SMILES string of the molecule is Nc1ncccc1C(=O)NCC(=O)NCC(=O)O. The van der Waals surface area contributed by atoms with E-state index in [2.05, 4.69) is 15.6 Å². The lowest BCUT2D eigenvalue weighted by Gasteiger charge is -2.06. The summed E-state index contributed by atoms with van der Waals surface area (Å²) in [5.41, 5.74) is 5.63. The number of carbonyl (C=O) groups is 3. The van der Waals surface area contributed by atoms with Gasteiger partial charge < -0.3 is 21.5 Å². The molecule has 18 heavy (non-hydrogen) atoms. The van der Waals surface area contributed by atoms with Crippen LogP contribution in [0.3, 0.4) is 0 Å². The molecule has 0 fully saturated rings. The van der Waals surface area contributed by atoms with Gasteiger partial charge in [0, 0.05) is 6.20 Å². The highest BCUT2D eigenvalue weighted by molar-refractivity contribution is 6.00. The van der Waals surface area contributed by atoms with Gasteiger partial charge in [-0.15, -0.1) is 0 Å². The zero-order valence-electron chi connectivity index (χ0n) is 9.34. The second-order valence-electron chi connectivity index (χ2n) is 3.29. The highest BCUT2D eigenvalue weighted by Gasteiger charge is 2.11. The van der Waals surface area contributed by atoms with Gasteiger partial charge in [-0.2, -0.15) is 0 Å². The Morgan fingerprint density at radius 2 is 2.00 bits per heavy atom. The molecule has 0 radical (unpaired) electrons. The zero-order chi connectivity index (χ0) is 13.5. The molecule has 1 aromatic heterocycles. The Labute approximate surface area is 102 Å². The lowest BCUT2D eigenvalue weighted by molar-refractivity contribution is -0.137. The summed E-state index contributed by atoms with van der Waals surface area (Å²) in [4.78, 5) is 36.6. The van der Waals surface area contributed by atoms with Crippen molar-refractivity contribution in [3.05, 3.63) is 23.9 Å². The van der Waals surface area contributed by atoms with Gasteiger partial charge >= 0.3 is 5.97 Å². The van der Waals surface area contributed by atoms with E-state index in [0.717, 1.165) is 0 Å². The largest absolute Gasteiger partial charge is 0.480 e. The molecular formula is C10H12N4O4. The predicted molar refractivity (Wildman–Crippen MR) is 61.6 cm³/mol. The van der Waals surface area contributed by atoms with E-state index in [1.54, 1.807) is 0 Å². The molecule has 0 aromatic carbocycles. The zero-order valence-corrected chi connectivity index (χ0v) is 9.34. The summed E-state index contributed by atoms with van der Waals surface area (Å²) >= 11 is 0. The third-order valence-electron chi connectivity index (χ3n) is 1.93. The maximum Gasteiger partial charge on any atom is 0.322 e. The molecule has 0 aliphatic heterocycles. The lowest BCUT2D eigenvalue weighted by atomic mass is 10.2. The lowest BCUT2D eigenvalue weighted by Crippen LogP contribution is -2.39. The Hall–Kier alpha value is -2.64. The molecule has 0 unspecified atom stereocenters. The van der Waals surface area contributed by atoms with Crippen LogP contribution in [-0.2, 0) is 9.59 Å². The van der Waals surface area contributed by atoms with Crippen molar-refractivity contribution < 1.29 is 19.5 Å². The third kappa shape index (κ3) is 4.08. The van der Waals surface area contributed by atoms with E-state index in [4.69, 9.17) is 10.8 Å². The maximum atomic E-state index is 11.6. The molecule has 0 atom stereocenters. The van der Waals surface area contributed by atoms with Gasteiger partial charge in [-0.05, 0) is 12.1 Å². The molecule has 0 saturated carbocycles. The van der Waals surface area contributed by atoms with Gasteiger partial charge in [-0.25, -0.2) is 4.98 Å². The van der Waals surface area contributed by atoms with Crippen LogP contribution in [0.1, 0.15) is 10.4 Å². The molecule has 2 amide bonds. The van der Waals surface area contributed by atoms with E-state index < -0.39 is 24.3 Å². The van der Waals surface area contributed by atoms with E-state index >= 15 is 0 Å². The minimum atomic E-state index is -1.16. The fourth-order valence-corrected chi connectivity index (χ4v) is 1.10. The predicted octanol–water partition coefficient (Wildman–Crippen LogP) is -1.41. The summed E-state index contributed by atoms with van der Waals surface area (Å²) < 4.78 is 0. The van der Waals surface area contributed by atoms with Crippen LogP contribution >= 0.6 is 0 Å². The molecule has 1 aromatic rings. The van der Waals surface area contributed by atoms with E-state index in [0.29, 0.717) is 0 Å². The van der Waals surface area contributed by atoms with Crippen LogP contribution in [0.15, 0.2) is 18.3 Å². The summed E-state index contributed by atoms with van der Waals surface area (Å²) in [6.07, 6.45) is 1.44. The van der Waals surface area contributed by atoms with Gasteiger partial charge in [0.15, 0.2) is 0 Å². The first kappa shape index (κ1) is 13.4. The van der Waals surface area contributed by atoms with Crippen LogP contribution in [-0.4, -0.2) is 41.0 Å². The number of nitrogens with one attached hydrogen (secondary N) is 2. The van der Waals surface area contributed by atoms with Crippen molar-refractivity contribution in [1.29, 1.82) is 0 Å². The number of rotatable bonds is 5. The fourth-order valence-electron chi connectivity index (χ4n) is 1.10. The Morgan fingerprint density at radius 3 is 2.61 bits per heavy atom. The Kier molecular flexibility index (Phi) is 4.61. The summed E-state index contributed by atoms with van der Waals surface area (Å²) in [6.45, 7) is -0.829. The van der Waals surface area contributed by atoms with Crippen molar-refractivity contribution in [3.8, 4) is 0 Å². The number of hydrogen-bond acceptors (Lipinski definition) is 5. The van der Waals surface area contributed by atoms with E-state index in [-0.39, 0.29) is 17.9 Å². The van der Waals surface area contributed by atoms with E-state index in [1.807, 2.05) is 0 Å². The van der Waals surface area contributed by atoms with E-state index in [1.165, 1.54) is 18.3 Å². The van der Waals surface area contributed by atoms with E-state index in [9.17, 15) is 14.4 Å². The Bertz CT molecular complexity index is 475. The quantitative estimate of drug-likeness (QED) is 0.508. The van der Waals surface area contributed by atoms with Crippen molar-refractivity contribution in [1.82, 2.24) is 15.6 Å². The number of anilines is 1. The molecule has 0 spiro atoms. The first-order valence-electron chi connectivity index (χ1n) is 4.98. The van der Waals surface area contributed by atoms with Gasteiger partial charge in [-0.1, -0.05) is 0 Å². The number of hydrogen-bond donors (Lipinski definition) is 4. The van der Waals surface area contributed by atoms with Crippen LogP contribution < -0.4 is 16.4 Å².